The zero-order chi connectivity index (χ0) is 14.2. The van der Waals surface area contributed by atoms with Crippen LogP contribution in [-0.2, 0) is 0 Å². The molecule has 0 saturated carbocycles. The number of hydrogen-bond donors (Lipinski definition) is 2. The van der Waals surface area contributed by atoms with Crippen molar-refractivity contribution in [3.8, 4) is 0 Å². The number of benzene rings is 1. The summed E-state index contributed by atoms with van der Waals surface area (Å²) in [6.45, 7) is 0.865. The minimum Gasteiger partial charge on any atom is -0.404 e. The van der Waals surface area contributed by atoms with Gasteiger partial charge in [0.1, 0.15) is 0 Å². The third kappa shape index (κ3) is 3.61. The minimum atomic E-state index is 0.200. The number of para-hydroxylation sites is 2. The maximum Gasteiger partial charge on any atom is 0.0922 e. The lowest BCUT2D eigenvalue weighted by atomic mass is 10.2. The van der Waals surface area contributed by atoms with Gasteiger partial charge in [0.25, 0.3) is 0 Å². The Balaban J connectivity index is 2.13. The molecule has 3 N–H and O–H groups in total. The number of hydrogen-bond acceptors (Lipinski definition) is 5. The third-order valence-electron chi connectivity index (χ3n) is 2.85. The Morgan fingerprint density at radius 2 is 2.05 bits per heavy atom. The molecule has 5 heteroatoms. The zero-order valence-electron chi connectivity index (χ0n) is 11.2. The second-order valence-electron chi connectivity index (χ2n) is 4.33. The Morgan fingerprint density at radius 3 is 2.80 bits per heavy atom. The van der Waals surface area contributed by atoms with Gasteiger partial charge in [-0.3, -0.25) is 9.98 Å². The number of rotatable bonds is 6. The van der Waals surface area contributed by atoms with E-state index in [1.54, 1.807) is 12.4 Å². The van der Waals surface area contributed by atoms with Gasteiger partial charge >= 0.3 is 0 Å². The fraction of sp³-hybridized carbons (Fsp3) is 0.267. The molecular weight excluding hydrogens is 252 g/mol. The molecule has 5 nitrogen and oxygen atoms in total. The molecule has 0 bridgehead atoms. The molecule has 0 spiro atoms. The van der Waals surface area contributed by atoms with Crippen LogP contribution in [-0.4, -0.2) is 34.4 Å². The van der Waals surface area contributed by atoms with Crippen LogP contribution in [0.5, 0.6) is 0 Å². The van der Waals surface area contributed by atoms with Crippen molar-refractivity contribution >= 4 is 22.8 Å². The summed E-state index contributed by atoms with van der Waals surface area (Å²) in [5.41, 5.74) is 8.76. The van der Waals surface area contributed by atoms with E-state index in [1.165, 1.54) is 6.20 Å². The van der Waals surface area contributed by atoms with Crippen molar-refractivity contribution in [1.29, 1.82) is 0 Å². The smallest absolute Gasteiger partial charge is 0.0922 e. The molecule has 1 heterocycles. The predicted molar refractivity (Wildman–Crippen MR) is 81.4 cm³/mol. The number of allylic oxidation sites excluding steroid dienone is 1. The van der Waals surface area contributed by atoms with Gasteiger partial charge in [-0.15, -0.1) is 0 Å². The first kappa shape index (κ1) is 14.1. The van der Waals surface area contributed by atoms with Crippen LogP contribution in [0.15, 0.2) is 41.7 Å². The summed E-state index contributed by atoms with van der Waals surface area (Å²) in [7, 11) is 0. The van der Waals surface area contributed by atoms with Crippen molar-refractivity contribution in [3.63, 3.8) is 0 Å². The van der Waals surface area contributed by atoms with E-state index in [-0.39, 0.29) is 6.61 Å². The molecule has 0 aliphatic heterocycles. The lowest BCUT2D eigenvalue weighted by molar-refractivity contribution is 0.285. The van der Waals surface area contributed by atoms with Gasteiger partial charge in [-0.25, -0.2) is 4.98 Å². The van der Waals surface area contributed by atoms with Gasteiger partial charge in [0.2, 0.25) is 0 Å². The summed E-state index contributed by atoms with van der Waals surface area (Å²) in [6, 6.07) is 7.69. The van der Waals surface area contributed by atoms with Crippen molar-refractivity contribution in [3.05, 3.63) is 42.4 Å². The number of aliphatic hydroxyl groups excluding tert-OH is 1. The lowest BCUT2D eigenvalue weighted by Crippen LogP contribution is -1.97. The molecule has 0 aliphatic rings. The number of aliphatic imine (C=N–C) groups is 1. The quantitative estimate of drug-likeness (QED) is 0.619. The molecule has 0 amide bonds. The van der Waals surface area contributed by atoms with Crippen LogP contribution in [0.2, 0.25) is 0 Å². The standard InChI is InChI=1S/C15H18N4O/c16-9-12(10-17-7-3-4-8-20)15-11-18-13-5-1-2-6-14(13)19-15/h1-2,5-6,9-11,20H,3-4,7-8,16H2. The van der Waals surface area contributed by atoms with Crippen LogP contribution in [0.25, 0.3) is 16.6 Å². The van der Waals surface area contributed by atoms with Gasteiger partial charge < -0.3 is 10.8 Å². The SMILES string of the molecule is NC=C(C=NCCCCO)c1cnc2ccccc2n1. The van der Waals surface area contributed by atoms with Crippen LogP contribution in [0.4, 0.5) is 0 Å². The first-order valence-electron chi connectivity index (χ1n) is 6.60. The van der Waals surface area contributed by atoms with E-state index >= 15 is 0 Å². The molecule has 1 aromatic heterocycles. The number of aromatic nitrogens is 2. The summed E-state index contributed by atoms with van der Waals surface area (Å²) in [4.78, 5) is 13.2. The van der Waals surface area contributed by atoms with Crippen molar-refractivity contribution in [2.24, 2.45) is 10.7 Å². The van der Waals surface area contributed by atoms with E-state index in [0.717, 1.165) is 29.4 Å². The van der Waals surface area contributed by atoms with Crippen molar-refractivity contribution in [2.45, 2.75) is 12.8 Å². The molecule has 0 saturated heterocycles. The van der Waals surface area contributed by atoms with Gasteiger partial charge in [-0.1, -0.05) is 12.1 Å². The predicted octanol–water partition coefficient (Wildman–Crippen LogP) is 1.77. The highest BCUT2D eigenvalue weighted by molar-refractivity contribution is 6.09. The first-order chi connectivity index (χ1) is 9.85. The van der Waals surface area contributed by atoms with Crippen molar-refractivity contribution in [2.75, 3.05) is 13.2 Å². The number of nitrogens with zero attached hydrogens (tertiary/aromatic N) is 3. The van der Waals surface area contributed by atoms with Crippen LogP contribution in [0.1, 0.15) is 18.5 Å². The van der Waals surface area contributed by atoms with Gasteiger partial charge in [0.05, 0.1) is 22.9 Å². The summed E-state index contributed by atoms with van der Waals surface area (Å²) in [5, 5.41) is 8.70. The largest absolute Gasteiger partial charge is 0.404 e. The number of aliphatic hydroxyl groups is 1. The normalized spacial score (nSPS) is 12.3. The Hall–Kier alpha value is -2.27. The maximum absolute atomic E-state index is 8.70. The molecule has 0 unspecified atom stereocenters. The zero-order valence-corrected chi connectivity index (χ0v) is 11.2. The van der Waals surface area contributed by atoms with Gasteiger partial charge in [-0.2, -0.15) is 0 Å². The van der Waals surface area contributed by atoms with Crippen molar-refractivity contribution < 1.29 is 5.11 Å². The lowest BCUT2D eigenvalue weighted by Gasteiger charge is -2.02. The van der Waals surface area contributed by atoms with Crippen LogP contribution in [0, 0.1) is 0 Å². The Bertz CT molecular complexity index is 622. The van der Waals surface area contributed by atoms with Gasteiger partial charge in [0.15, 0.2) is 0 Å². The van der Waals surface area contributed by atoms with E-state index in [9.17, 15) is 0 Å². The fourth-order valence-corrected chi connectivity index (χ4v) is 1.77. The highest BCUT2D eigenvalue weighted by atomic mass is 16.2. The maximum atomic E-state index is 8.70. The summed E-state index contributed by atoms with van der Waals surface area (Å²) >= 11 is 0. The molecule has 0 atom stereocenters. The summed E-state index contributed by atoms with van der Waals surface area (Å²) < 4.78 is 0. The molecular formula is C15H18N4O. The molecule has 0 aliphatic carbocycles. The number of fused-ring (bicyclic) bond motifs is 1. The molecule has 20 heavy (non-hydrogen) atoms. The van der Waals surface area contributed by atoms with Crippen LogP contribution in [0.3, 0.4) is 0 Å². The Labute approximate surface area is 117 Å². The van der Waals surface area contributed by atoms with Crippen LogP contribution < -0.4 is 5.73 Å². The highest BCUT2D eigenvalue weighted by Crippen LogP contribution is 2.13. The van der Waals surface area contributed by atoms with Crippen LogP contribution >= 0.6 is 0 Å². The highest BCUT2D eigenvalue weighted by Gasteiger charge is 2.02. The van der Waals surface area contributed by atoms with E-state index < -0.39 is 0 Å². The van der Waals surface area contributed by atoms with E-state index in [0.29, 0.717) is 12.2 Å². The molecule has 1 aromatic carbocycles. The molecule has 0 fully saturated rings. The first-order valence-corrected chi connectivity index (χ1v) is 6.60. The van der Waals surface area contributed by atoms with Crippen molar-refractivity contribution in [1.82, 2.24) is 9.97 Å². The van der Waals surface area contributed by atoms with E-state index in [1.807, 2.05) is 24.3 Å². The number of unbranched alkanes of at least 4 members (excludes halogenated alkanes) is 1. The Morgan fingerprint density at radius 1 is 1.25 bits per heavy atom. The average molecular weight is 270 g/mol. The summed E-state index contributed by atoms with van der Waals surface area (Å²) in [5.74, 6) is 0. The average Bonchev–Trinajstić information content (AvgIpc) is 2.50. The minimum absolute atomic E-state index is 0.200. The topological polar surface area (TPSA) is 84.4 Å². The summed E-state index contributed by atoms with van der Waals surface area (Å²) in [6.07, 6.45) is 6.49. The molecule has 2 rings (SSSR count). The van der Waals surface area contributed by atoms with E-state index in [2.05, 4.69) is 15.0 Å². The fourth-order valence-electron chi connectivity index (χ4n) is 1.77. The Kier molecular flexibility index (Phi) is 5.20. The molecule has 2 aromatic rings. The third-order valence-corrected chi connectivity index (χ3v) is 2.85. The monoisotopic (exact) mass is 270 g/mol. The molecule has 104 valence electrons. The van der Waals surface area contributed by atoms with Gasteiger partial charge in [-0.05, 0) is 25.0 Å². The van der Waals surface area contributed by atoms with E-state index in [4.69, 9.17) is 10.8 Å². The molecule has 0 radical (unpaired) electrons. The van der Waals surface area contributed by atoms with Gasteiger partial charge in [0, 0.05) is 31.1 Å². The number of nitrogens with two attached hydrogens (primary N) is 1. The second kappa shape index (κ2) is 7.35. The second-order valence-corrected chi connectivity index (χ2v) is 4.33.